The molecule has 9 heteroatoms. The maximum Gasteiger partial charge on any atom is 0.417 e. The summed E-state index contributed by atoms with van der Waals surface area (Å²) in [7, 11) is 0. The molecule has 0 atom stereocenters. The quantitative estimate of drug-likeness (QED) is 0.325. The van der Waals surface area contributed by atoms with Crippen LogP contribution in [0.5, 0.6) is 0 Å². The minimum absolute atomic E-state index is 0.0500. The van der Waals surface area contributed by atoms with Gasteiger partial charge >= 0.3 is 6.18 Å². The molecule has 1 aromatic heterocycles. The first-order valence-electron chi connectivity index (χ1n) is 7.80. The van der Waals surface area contributed by atoms with Crippen molar-refractivity contribution in [1.29, 1.82) is 0 Å². The molecule has 1 heterocycles. The first kappa shape index (κ1) is 19.5. The molecule has 26 heavy (non-hydrogen) atoms. The smallest absolute Gasteiger partial charge is 0.369 e. The average molecular weight is 462 g/mol. The van der Waals surface area contributed by atoms with Crippen LogP contribution < -0.4 is 10.0 Å². The summed E-state index contributed by atoms with van der Waals surface area (Å²) in [6.07, 6.45) is -3.54. The van der Waals surface area contributed by atoms with E-state index in [9.17, 15) is 13.2 Å². The van der Waals surface area contributed by atoms with Gasteiger partial charge in [-0.05, 0) is 60.2 Å². The van der Waals surface area contributed by atoms with Gasteiger partial charge < -0.3 is 5.32 Å². The molecule has 3 aromatic rings. The van der Waals surface area contributed by atoms with Crippen molar-refractivity contribution >= 4 is 55.3 Å². The predicted octanol–water partition coefficient (Wildman–Crippen LogP) is 6.18. The maximum absolute atomic E-state index is 12.9. The van der Waals surface area contributed by atoms with Gasteiger partial charge in [0.05, 0.1) is 10.3 Å². The van der Waals surface area contributed by atoms with Gasteiger partial charge in [-0.1, -0.05) is 28.1 Å². The van der Waals surface area contributed by atoms with E-state index < -0.39 is 11.7 Å². The van der Waals surface area contributed by atoms with Gasteiger partial charge in [0.2, 0.25) is 0 Å². The minimum Gasteiger partial charge on any atom is -0.369 e. The Morgan fingerprint density at radius 3 is 2.73 bits per heavy atom. The first-order chi connectivity index (χ1) is 12.4. The topological polar surface area (TPSA) is 37.0 Å². The summed E-state index contributed by atoms with van der Waals surface area (Å²) in [5.74, 6) is 0.876. The highest BCUT2D eigenvalue weighted by Gasteiger charge is 2.33. The first-order valence-corrected chi connectivity index (χ1v) is 10.2. The molecule has 0 bridgehead atoms. The van der Waals surface area contributed by atoms with E-state index in [-0.39, 0.29) is 4.47 Å². The molecular formula is C17H15BrF3N3S2. The fourth-order valence-electron chi connectivity index (χ4n) is 2.30. The fraction of sp³-hybridized carbons (Fsp3) is 0.235. The number of benzene rings is 2. The third-order valence-corrected chi connectivity index (χ3v) is 5.91. The number of hydrogen-bond donors (Lipinski definition) is 2. The molecule has 138 valence electrons. The Kier molecular flexibility index (Phi) is 6.44. The Labute approximate surface area is 165 Å². The van der Waals surface area contributed by atoms with Gasteiger partial charge in [0.15, 0.2) is 0 Å². The van der Waals surface area contributed by atoms with Crippen LogP contribution in [0.3, 0.4) is 0 Å². The van der Waals surface area contributed by atoms with E-state index >= 15 is 0 Å². The van der Waals surface area contributed by atoms with E-state index in [4.69, 9.17) is 0 Å². The largest absolute Gasteiger partial charge is 0.417 e. The summed E-state index contributed by atoms with van der Waals surface area (Å²) in [5, 5.41) is 4.40. The van der Waals surface area contributed by atoms with Crippen LogP contribution in [0.4, 0.5) is 19.0 Å². The van der Waals surface area contributed by atoms with Crippen molar-refractivity contribution in [3.8, 4) is 0 Å². The van der Waals surface area contributed by atoms with Crippen molar-refractivity contribution in [3.63, 3.8) is 0 Å². The molecule has 0 saturated heterocycles. The number of hydrogen-bond acceptors (Lipinski definition) is 5. The lowest BCUT2D eigenvalue weighted by molar-refractivity contribution is -0.138. The van der Waals surface area contributed by atoms with Gasteiger partial charge in [-0.2, -0.15) is 17.5 Å². The molecule has 2 N–H and O–H groups in total. The predicted molar refractivity (Wildman–Crippen MR) is 106 cm³/mol. The van der Waals surface area contributed by atoms with Gasteiger partial charge in [0.25, 0.3) is 0 Å². The molecule has 0 unspecified atom stereocenters. The molecule has 0 aliphatic heterocycles. The second-order valence-electron chi connectivity index (χ2n) is 5.44. The number of fused-ring (bicyclic) bond motifs is 1. The van der Waals surface area contributed by atoms with Crippen molar-refractivity contribution in [3.05, 3.63) is 52.5 Å². The lowest BCUT2D eigenvalue weighted by Crippen LogP contribution is -2.12. The number of nitrogens with one attached hydrogen (secondary N) is 2. The highest BCUT2D eigenvalue weighted by Crippen LogP contribution is 2.36. The highest BCUT2D eigenvalue weighted by molar-refractivity contribution is 9.10. The molecule has 0 aliphatic carbocycles. The molecule has 3 rings (SSSR count). The number of anilines is 1. The monoisotopic (exact) mass is 461 g/mol. The second kappa shape index (κ2) is 8.60. The van der Waals surface area contributed by atoms with Gasteiger partial charge in [-0.3, -0.25) is 4.72 Å². The van der Waals surface area contributed by atoms with Crippen molar-refractivity contribution < 1.29 is 13.2 Å². The number of rotatable bonds is 7. The van der Waals surface area contributed by atoms with Gasteiger partial charge in [-0.25, -0.2) is 0 Å². The van der Waals surface area contributed by atoms with E-state index in [1.165, 1.54) is 29.5 Å². The van der Waals surface area contributed by atoms with E-state index in [2.05, 4.69) is 30.3 Å². The Bertz CT molecular complexity index is 883. The van der Waals surface area contributed by atoms with Crippen LogP contribution in [0.15, 0.2) is 51.8 Å². The molecule has 0 fully saturated rings. The number of alkyl halides is 3. The molecule has 0 saturated carbocycles. The summed E-state index contributed by atoms with van der Waals surface area (Å²) >= 11 is 5.60. The van der Waals surface area contributed by atoms with Crippen LogP contribution in [0.1, 0.15) is 12.0 Å². The minimum atomic E-state index is -4.37. The maximum atomic E-state index is 12.9. The highest BCUT2D eigenvalue weighted by atomic mass is 79.9. The van der Waals surface area contributed by atoms with E-state index in [0.717, 1.165) is 34.9 Å². The number of aromatic nitrogens is 1. The van der Waals surface area contributed by atoms with E-state index in [1.54, 1.807) is 6.07 Å². The lowest BCUT2D eigenvalue weighted by Gasteiger charge is -2.11. The molecular weight excluding hydrogens is 447 g/mol. The Hall–Kier alpha value is -1.29. The van der Waals surface area contributed by atoms with Crippen molar-refractivity contribution in [2.24, 2.45) is 0 Å². The van der Waals surface area contributed by atoms with E-state index in [0.29, 0.717) is 11.4 Å². The molecule has 0 amide bonds. The van der Waals surface area contributed by atoms with Crippen molar-refractivity contribution in [1.82, 2.24) is 9.10 Å². The van der Waals surface area contributed by atoms with Crippen LogP contribution in [-0.4, -0.2) is 17.5 Å². The SMILES string of the molecule is FC(F)(F)c1cc(SNCCCNc2nsc3ccccc23)ccc1Br. The van der Waals surface area contributed by atoms with Crippen molar-refractivity contribution in [2.45, 2.75) is 17.5 Å². The van der Waals surface area contributed by atoms with Gasteiger partial charge in [0.1, 0.15) is 5.82 Å². The van der Waals surface area contributed by atoms with Crippen LogP contribution in [0, 0.1) is 0 Å². The Morgan fingerprint density at radius 1 is 1.12 bits per heavy atom. The standard InChI is InChI=1S/C17H15BrF3N3S2/c18-14-7-6-11(10-13(14)17(19,20)21)25-23-9-3-8-22-16-12-4-1-2-5-15(12)26-24-16/h1-2,4-7,10,23H,3,8-9H2,(H,22,24). The average Bonchev–Trinajstić information content (AvgIpc) is 3.01. The zero-order valence-corrected chi connectivity index (χ0v) is 16.7. The number of nitrogens with zero attached hydrogens (tertiary/aromatic N) is 1. The summed E-state index contributed by atoms with van der Waals surface area (Å²) in [6.45, 7) is 1.40. The number of halogens is 4. The Morgan fingerprint density at radius 2 is 1.92 bits per heavy atom. The third-order valence-electron chi connectivity index (χ3n) is 3.56. The molecule has 0 aliphatic rings. The Balaban J connectivity index is 1.43. The fourth-order valence-corrected chi connectivity index (χ4v) is 4.25. The molecule has 0 radical (unpaired) electrons. The van der Waals surface area contributed by atoms with Crippen molar-refractivity contribution in [2.75, 3.05) is 18.4 Å². The van der Waals surface area contributed by atoms with Crippen LogP contribution >= 0.6 is 39.4 Å². The zero-order valence-electron chi connectivity index (χ0n) is 13.4. The summed E-state index contributed by atoms with van der Waals surface area (Å²) in [4.78, 5) is 0.527. The third kappa shape index (κ3) is 4.91. The van der Waals surface area contributed by atoms with E-state index in [1.807, 2.05) is 24.3 Å². The van der Waals surface area contributed by atoms with Gasteiger partial charge in [0, 0.05) is 27.8 Å². The normalized spacial score (nSPS) is 11.8. The van der Waals surface area contributed by atoms with Crippen LogP contribution in [0.2, 0.25) is 0 Å². The molecule has 0 spiro atoms. The summed E-state index contributed by atoms with van der Waals surface area (Å²) in [6, 6.07) is 12.2. The van der Waals surface area contributed by atoms with Crippen LogP contribution in [0.25, 0.3) is 10.1 Å². The van der Waals surface area contributed by atoms with Gasteiger partial charge in [-0.15, -0.1) is 0 Å². The second-order valence-corrected chi connectivity index (χ2v) is 8.07. The molecule has 3 nitrogen and oxygen atoms in total. The molecule has 2 aromatic carbocycles. The summed E-state index contributed by atoms with van der Waals surface area (Å²) < 4.78 is 47.3. The lowest BCUT2D eigenvalue weighted by atomic mass is 10.2. The summed E-state index contributed by atoms with van der Waals surface area (Å²) in [5.41, 5.74) is -0.665. The zero-order chi connectivity index (χ0) is 18.6. The van der Waals surface area contributed by atoms with Crippen LogP contribution in [-0.2, 0) is 6.18 Å².